The molecule has 0 aliphatic carbocycles. The summed E-state index contributed by atoms with van der Waals surface area (Å²) in [5.41, 5.74) is 2.98. The normalized spacial score (nSPS) is 12.2. The average molecular weight is 307 g/mol. The van der Waals surface area contributed by atoms with Crippen molar-refractivity contribution in [2.75, 3.05) is 0 Å². The molecule has 23 heavy (non-hydrogen) atoms. The highest BCUT2D eigenvalue weighted by Crippen LogP contribution is 2.21. The van der Waals surface area contributed by atoms with Crippen molar-refractivity contribution >= 4 is 16.9 Å². The zero-order valence-electron chi connectivity index (χ0n) is 13.3. The molecule has 1 aromatic heterocycles. The van der Waals surface area contributed by atoms with E-state index in [2.05, 4.69) is 22.2 Å². The first-order chi connectivity index (χ1) is 11.3. The van der Waals surface area contributed by atoms with Crippen LogP contribution in [0.4, 0.5) is 0 Å². The third-order valence-corrected chi connectivity index (χ3v) is 3.96. The summed E-state index contributed by atoms with van der Waals surface area (Å²) in [6.07, 6.45) is 1.81. The fourth-order valence-corrected chi connectivity index (χ4v) is 2.81. The Balaban J connectivity index is 1.69. The van der Waals surface area contributed by atoms with Crippen molar-refractivity contribution in [2.24, 2.45) is 0 Å². The van der Waals surface area contributed by atoms with Crippen molar-refractivity contribution in [2.45, 2.75) is 32.2 Å². The number of amides is 1. The standard InChI is InChI=1S/C19H21N3O/c1-2-8-15(14-9-4-3-5-10-14)19(23)20-13-18-21-16-11-6-7-12-17(16)22-18/h3-7,9-12,15H,2,8,13H2,1H3,(H,20,23)(H,21,22). The molecule has 0 aliphatic rings. The monoisotopic (exact) mass is 307 g/mol. The molecule has 1 amide bonds. The molecule has 0 aliphatic heterocycles. The van der Waals surface area contributed by atoms with Crippen molar-refractivity contribution in [3.63, 3.8) is 0 Å². The first-order valence-corrected chi connectivity index (χ1v) is 8.04. The minimum Gasteiger partial charge on any atom is -0.348 e. The number of aromatic amines is 1. The minimum atomic E-state index is -0.106. The predicted molar refractivity (Wildman–Crippen MR) is 92.0 cm³/mol. The second kappa shape index (κ2) is 7.09. The lowest BCUT2D eigenvalue weighted by Crippen LogP contribution is -2.29. The van der Waals surface area contributed by atoms with Crippen molar-refractivity contribution in [3.05, 3.63) is 66.0 Å². The summed E-state index contributed by atoms with van der Waals surface area (Å²) in [5.74, 6) is 0.729. The maximum Gasteiger partial charge on any atom is 0.227 e. The van der Waals surface area contributed by atoms with Gasteiger partial charge >= 0.3 is 0 Å². The Hall–Kier alpha value is -2.62. The fraction of sp³-hybridized carbons (Fsp3) is 0.263. The van der Waals surface area contributed by atoms with Gasteiger partial charge in [-0.2, -0.15) is 0 Å². The van der Waals surface area contributed by atoms with E-state index in [9.17, 15) is 4.79 Å². The van der Waals surface area contributed by atoms with Crippen LogP contribution in [-0.2, 0) is 11.3 Å². The first-order valence-electron chi connectivity index (χ1n) is 8.04. The summed E-state index contributed by atoms with van der Waals surface area (Å²) in [5, 5.41) is 3.01. The van der Waals surface area contributed by atoms with Crippen LogP contribution in [-0.4, -0.2) is 15.9 Å². The van der Waals surface area contributed by atoms with E-state index in [0.717, 1.165) is 35.3 Å². The molecule has 4 nitrogen and oxygen atoms in total. The van der Waals surface area contributed by atoms with Gasteiger partial charge in [-0.1, -0.05) is 55.8 Å². The SMILES string of the molecule is CCCC(C(=O)NCc1nc2ccccc2[nH]1)c1ccccc1. The summed E-state index contributed by atoms with van der Waals surface area (Å²) in [6, 6.07) is 17.8. The zero-order valence-corrected chi connectivity index (χ0v) is 13.3. The first kappa shape index (κ1) is 15.3. The summed E-state index contributed by atoms with van der Waals surface area (Å²) in [6.45, 7) is 2.52. The van der Waals surface area contributed by atoms with Crippen LogP contribution in [0.5, 0.6) is 0 Å². The summed E-state index contributed by atoms with van der Waals surface area (Å²) in [7, 11) is 0. The summed E-state index contributed by atoms with van der Waals surface area (Å²) >= 11 is 0. The van der Waals surface area contributed by atoms with E-state index in [1.165, 1.54) is 0 Å². The Morgan fingerprint density at radius 1 is 1.13 bits per heavy atom. The van der Waals surface area contributed by atoms with Crippen molar-refractivity contribution in [1.29, 1.82) is 0 Å². The lowest BCUT2D eigenvalue weighted by atomic mass is 9.94. The topological polar surface area (TPSA) is 57.8 Å². The molecule has 0 radical (unpaired) electrons. The molecule has 3 aromatic rings. The van der Waals surface area contributed by atoms with E-state index in [4.69, 9.17) is 0 Å². The van der Waals surface area contributed by atoms with E-state index in [1.54, 1.807) is 0 Å². The Labute approximate surface area is 136 Å². The smallest absolute Gasteiger partial charge is 0.227 e. The van der Waals surface area contributed by atoms with Crippen LogP contribution in [0.15, 0.2) is 54.6 Å². The number of para-hydroxylation sites is 2. The highest BCUT2D eigenvalue weighted by Gasteiger charge is 2.19. The summed E-state index contributed by atoms with van der Waals surface area (Å²) in [4.78, 5) is 20.3. The van der Waals surface area contributed by atoms with Crippen molar-refractivity contribution in [3.8, 4) is 0 Å². The molecular weight excluding hydrogens is 286 g/mol. The van der Waals surface area contributed by atoms with Gasteiger partial charge in [-0.05, 0) is 24.1 Å². The number of imidazole rings is 1. The number of hydrogen-bond donors (Lipinski definition) is 2. The van der Waals surface area contributed by atoms with Crippen LogP contribution in [0.3, 0.4) is 0 Å². The van der Waals surface area contributed by atoms with E-state index in [0.29, 0.717) is 6.54 Å². The number of H-pyrrole nitrogens is 1. The Morgan fingerprint density at radius 3 is 2.61 bits per heavy atom. The quantitative estimate of drug-likeness (QED) is 0.728. The number of rotatable bonds is 6. The third kappa shape index (κ3) is 3.59. The fourth-order valence-electron chi connectivity index (χ4n) is 2.81. The van der Waals surface area contributed by atoms with Crippen LogP contribution in [0, 0.1) is 0 Å². The van der Waals surface area contributed by atoms with Crippen LogP contribution >= 0.6 is 0 Å². The molecule has 2 aromatic carbocycles. The van der Waals surface area contributed by atoms with E-state index >= 15 is 0 Å². The highest BCUT2D eigenvalue weighted by atomic mass is 16.1. The second-order valence-electron chi connectivity index (χ2n) is 5.67. The Kier molecular flexibility index (Phi) is 4.71. The van der Waals surface area contributed by atoms with E-state index < -0.39 is 0 Å². The molecule has 1 atom stereocenters. The number of aromatic nitrogens is 2. The molecular formula is C19H21N3O. The lowest BCUT2D eigenvalue weighted by Gasteiger charge is -2.16. The average Bonchev–Trinajstić information content (AvgIpc) is 3.01. The van der Waals surface area contributed by atoms with Gasteiger partial charge in [-0.15, -0.1) is 0 Å². The molecule has 118 valence electrons. The van der Waals surface area contributed by atoms with Crippen LogP contribution < -0.4 is 5.32 Å². The molecule has 0 bridgehead atoms. The van der Waals surface area contributed by atoms with Gasteiger partial charge in [0.05, 0.1) is 23.5 Å². The van der Waals surface area contributed by atoms with Gasteiger partial charge < -0.3 is 10.3 Å². The van der Waals surface area contributed by atoms with Gasteiger partial charge in [0.2, 0.25) is 5.91 Å². The predicted octanol–water partition coefficient (Wildman–Crippen LogP) is 3.76. The highest BCUT2D eigenvalue weighted by molar-refractivity contribution is 5.83. The lowest BCUT2D eigenvalue weighted by molar-refractivity contribution is -0.122. The molecule has 2 N–H and O–H groups in total. The van der Waals surface area contributed by atoms with Gasteiger partial charge in [0.15, 0.2) is 0 Å². The third-order valence-electron chi connectivity index (χ3n) is 3.96. The van der Waals surface area contributed by atoms with Crippen LogP contribution in [0.25, 0.3) is 11.0 Å². The van der Waals surface area contributed by atoms with Crippen molar-refractivity contribution < 1.29 is 4.79 Å². The van der Waals surface area contributed by atoms with E-state index in [-0.39, 0.29) is 11.8 Å². The second-order valence-corrected chi connectivity index (χ2v) is 5.67. The molecule has 0 saturated heterocycles. The molecule has 0 spiro atoms. The summed E-state index contributed by atoms with van der Waals surface area (Å²) < 4.78 is 0. The largest absolute Gasteiger partial charge is 0.348 e. The molecule has 1 heterocycles. The van der Waals surface area contributed by atoms with Crippen molar-refractivity contribution in [1.82, 2.24) is 15.3 Å². The number of nitrogens with one attached hydrogen (secondary N) is 2. The number of carbonyl (C=O) groups is 1. The molecule has 1 unspecified atom stereocenters. The number of fused-ring (bicyclic) bond motifs is 1. The Bertz CT molecular complexity index is 746. The molecule has 0 fully saturated rings. The van der Waals surface area contributed by atoms with Gasteiger partial charge in [-0.25, -0.2) is 4.98 Å². The number of benzene rings is 2. The number of hydrogen-bond acceptors (Lipinski definition) is 2. The minimum absolute atomic E-state index is 0.0542. The van der Waals surface area contributed by atoms with Gasteiger partial charge in [0, 0.05) is 0 Å². The molecule has 0 saturated carbocycles. The molecule has 3 rings (SSSR count). The molecule has 4 heteroatoms. The number of carbonyl (C=O) groups excluding carboxylic acids is 1. The Morgan fingerprint density at radius 2 is 1.87 bits per heavy atom. The maximum absolute atomic E-state index is 12.6. The van der Waals surface area contributed by atoms with Gasteiger partial charge in [0.25, 0.3) is 0 Å². The van der Waals surface area contributed by atoms with Crippen LogP contribution in [0.2, 0.25) is 0 Å². The number of nitrogens with zero attached hydrogens (tertiary/aromatic N) is 1. The van der Waals surface area contributed by atoms with Crippen LogP contribution in [0.1, 0.15) is 37.1 Å². The van der Waals surface area contributed by atoms with Gasteiger partial charge in [-0.3, -0.25) is 4.79 Å². The zero-order chi connectivity index (χ0) is 16.1. The van der Waals surface area contributed by atoms with Gasteiger partial charge in [0.1, 0.15) is 5.82 Å². The maximum atomic E-state index is 12.6. The van der Waals surface area contributed by atoms with E-state index in [1.807, 2.05) is 54.6 Å².